The first-order chi connectivity index (χ1) is 19.6. The molecule has 3 saturated heterocycles. The zero-order chi connectivity index (χ0) is 29.8. The lowest BCUT2D eigenvalue weighted by atomic mass is 9.78. The Bertz CT molecular complexity index is 1130. The third-order valence-corrected chi connectivity index (χ3v) is 9.51. The van der Waals surface area contributed by atoms with Crippen LogP contribution in [-0.2, 0) is 24.0 Å². The van der Waals surface area contributed by atoms with Gasteiger partial charge in [-0.05, 0) is 13.3 Å². The molecular formula is C24H38N10O6S. The summed E-state index contributed by atoms with van der Waals surface area (Å²) in [7, 11) is 0. The average molecular weight is 595 g/mol. The number of aliphatic carboxylic acids is 1. The van der Waals surface area contributed by atoms with Gasteiger partial charge in [-0.2, -0.15) is 5.53 Å². The molecule has 0 aromatic heterocycles. The number of β-lactam (4-membered cyclic amide) rings is 1. The number of nitrogens with two attached hydrogens (primary N) is 2. The lowest BCUT2D eigenvalue weighted by Gasteiger charge is -2.47. The van der Waals surface area contributed by atoms with Crippen LogP contribution in [0.2, 0.25) is 0 Å². The van der Waals surface area contributed by atoms with E-state index in [1.807, 2.05) is 6.92 Å². The van der Waals surface area contributed by atoms with E-state index in [0.29, 0.717) is 44.0 Å². The first kappa shape index (κ1) is 30.7. The number of thioether (sulfide) groups is 1. The van der Waals surface area contributed by atoms with E-state index in [0.717, 1.165) is 0 Å². The van der Waals surface area contributed by atoms with Gasteiger partial charge in [0.1, 0.15) is 12.2 Å². The third-order valence-electron chi connectivity index (χ3n) is 7.99. The van der Waals surface area contributed by atoms with Crippen LogP contribution in [0.25, 0.3) is 0 Å². The van der Waals surface area contributed by atoms with Gasteiger partial charge in [0.2, 0.25) is 23.6 Å². The summed E-state index contributed by atoms with van der Waals surface area (Å²) in [6.07, 6.45) is 1.74. The van der Waals surface area contributed by atoms with Crippen molar-refractivity contribution >= 4 is 47.7 Å². The molecule has 4 aliphatic heterocycles. The Morgan fingerprint density at radius 3 is 2.54 bits per heavy atom. The number of fused-ring (bicyclic) bond motifs is 1. The van der Waals surface area contributed by atoms with Crippen molar-refractivity contribution in [2.75, 3.05) is 45.8 Å². The minimum Gasteiger partial charge on any atom is -0.477 e. The molecule has 9 N–H and O–H groups in total. The predicted molar refractivity (Wildman–Crippen MR) is 149 cm³/mol. The minimum atomic E-state index is -1.18. The second-order valence-electron chi connectivity index (χ2n) is 10.5. The zero-order valence-corrected chi connectivity index (χ0v) is 23.9. The number of carboxylic acid groups (broad SMARTS) is 1. The van der Waals surface area contributed by atoms with Crippen molar-refractivity contribution in [1.82, 2.24) is 36.3 Å². The number of carbonyl (C=O) groups excluding carboxylic acids is 4. The van der Waals surface area contributed by atoms with Gasteiger partial charge in [-0.15, -0.1) is 11.8 Å². The van der Waals surface area contributed by atoms with E-state index >= 15 is 0 Å². The Labute approximate surface area is 241 Å². The average Bonchev–Trinajstić information content (AvgIpc) is 3.51. The van der Waals surface area contributed by atoms with Crippen LogP contribution in [0.4, 0.5) is 0 Å². The highest BCUT2D eigenvalue weighted by Gasteiger charge is 2.60. The maximum Gasteiger partial charge on any atom is 0.353 e. The second-order valence-corrected chi connectivity index (χ2v) is 11.8. The molecule has 0 aliphatic carbocycles. The van der Waals surface area contributed by atoms with Crippen molar-refractivity contribution in [3.05, 3.63) is 10.6 Å². The van der Waals surface area contributed by atoms with Crippen LogP contribution in [0, 0.1) is 11.8 Å². The van der Waals surface area contributed by atoms with Crippen molar-refractivity contribution in [2.45, 2.75) is 43.6 Å². The number of amides is 4. The Kier molecular flexibility index (Phi) is 9.85. The van der Waals surface area contributed by atoms with E-state index < -0.39 is 30.0 Å². The molecule has 0 aromatic carbocycles. The summed E-state index contributed by atoms with van der Waals surface area (Å²) in [5.41, 5.74) is 9.99. The molecule has 0 spiro atoms. The van der Waals surface area contributed by atoms with Gasteiger partial charge in [0.15, 0.2) is 0 Å². The smallest absolute Gasteiger partial charge is 0.353 e. The number of carbonyl (C=O) groups is 5. The molecule has 0 radical (unpaired) electrons. The van der Waals surface area contributed by atoms with Crippen LogP contribution in [0.5, 0.6) is 0 Å². The minimum absolute atomic E-state index is 0.0206. The molecule has 4 aliphatic rings. The Balaban J connectivity index is 1.35. The number of carboxylic acids is 1. The van der Waals surface area contributed by atoms with E-state index in [4.69, 9.17) is 11.6 Å². The molecule has 6 atom stereocenters. The largest absolute Gasteiger partial charge is 0.477 e. The van der Waals surface area contributed by atoms with Crippen molar-refractivity contribution in [1.29, 1.82) is 0 Å². The second kappa shape index (κ2) is 13.2. The van der Waals surface area contributed by atoms with Gasteiger partial charge < -0.3 is 36.2 Å². The van der Waals surface area contributed by atoms with Gasteiger partial charge in [0.25, 0.3) is 0 Å². The van der Waals surface area contributed by atoms with Crippen LogP contribution in [0.15, 0.2) is 15.6 Å². The molecule has 0 bridgehead atoms. The lowest BCUT2D eigenvalue weighted by molar-refractivity contribution is -0.158. The maximum atomic E-state index is 13.1. The summed E-state index contributed by atoms with van der Waals surface area (Å²) in [6, 6.07) is -1.32. The number of nitrogens with zero attached hydrogens (tertiary/aromatic N) is 4. The highest BCUT2D eigenvalue weighted by Crippen LogP contribution is 2.51. The number of hydrazine groups is 2. The fraction of sp³-hybridized carbons (Fsp3) is 0.667. The molecule has 226 valence electrons. The van der Waals surface area contributed by atoms with E-state index in [2.05, 4.69) is 26.6 Å². The quantitative estimate of drug-likeness (QED) is 0.0404. The van der Waals surface area contributed by atoms with Crippen molar-refractivity contribution in [3.63, 3.8) is 0 Å². The molecule has 16 nitrogen and oxygen atoms in total. The normalized spacial score (nSPS) is 28.5. The van der Waals surface area contributed by atoms with Gasteiger partial charge >= 0.3 is 5.97 Å². The molecule has 17 heteroatoms. The van der Waals surface area contributed by atoms with E-state index in [1.54, 1.807) is 16.7 Å². The van der Waals surface area contributed by atoms with Crippen LogP contribution in [0.3, 0.4) is 0 Å². The van der Waals surface area contributed by atoms with E-state index in [9.17, 15) is 29.1 Å². The number of rotatable bonds is 11. The molecule has 0 saturated carbocycles. The number of nitrogens with one attached hydrogen (secondary N) is 4. The molecule has 4 amide bonds. The Morgan fingerprint density at radius 2 is 1.90 bits per heavy atom. The Hall–Kier alpha value is -3.25. The number of aliphatic imine (C=N–C) groups is 1. The molecule has 4 rings (SSSR count). The summed E-state index contributed by atoms with van der Waals surface area (Å²) in [4.78, 5) is 71.8. The number of hydrogen-bond acceptors (Lipinski definition) is 11. The molecule has 1 unspecified atom stereocenters. The van der Waals surface area contributed by atoms with Crippen LogP contribution < -0.4 is 33.2 Å². The summed E-state index contributed by atoms with van der Waals surface area (Å²) < 4.78 is 0. The van der Waals surface area contributed by atoms with Crippen molar-refractivity contribution < 1.29 is 29.1 Å². The summed E-state index contributed by atoms with van der Waals surface area (Å²) in [5, 5.41) is 16.0. The fourth-order valence-electron chi connectivity index (χ4n) is 5.98. The predicted octanol–water partition coefficient (Wildman–Crippen LogP) is -3.65. The van der Waals surface area contributed by atoms with E-state index in [1.165, 1.54) is 23.0 Å². The standard InChI is InChI=1S/C24H38N10O6S/c1-12-19-18(13(2)30-16(35)10-27-11-29-31-26)23(38)34(19)20(24(39)40)21(12)41-14-7-15(28-9-14)22(37)33-5-3-32(4-6-33)17(36)8-25/h11-15,18-19,28,31H,3-10,25-26H2,1-2H3,(H,27,29)(H,30,35)(H,39,40)/t12-,13-,14+,15+,18-,19?/m1/s1. The number of piperazine rings is 1. The monoisotopic (exact) mass is 594 g/mol. The highest BCUT2D eigenvalue weighted by atomic mass is 32.2. The van der Waals surface area contributed by atoms with Gasteiger partial charge in [-0.1, -0.05) is 6.92 Å². The SMILES string of the molecule is C[C@H]1C(S[C@@H]2CN[C@H](C(=O)N3CCN(C(=O)CN)CC3)C2)=C(C(=O)O)N2C(=O)[C@H]([C@@H](C)NC(=O)CN=CNNN)C12. The molecular weight excluding hydrogens is 556 g/mol. The molecule has 41 heavy (non-hydrogen) atoms. The van der Waals surface area contributed by atoms with Gasteiger partial charge in [-0.25, -0.2) is 4.79 Å². The van der Waals surface area contributed by atoms with Crippen molar-refractivity contribution in [2.24, 2.45) is 28.4 Å². The van der Waals surface area contributed by atoms with Gasteiger partial charge in [-0.3, -0.25) is 35.4 Å². The first-order valence-electron chi connectivity index (χ1n) is 13.5. The van der Waals surface area contributed by atoms with Crippen LogP contribution >= 0.6 is 11.8 Å². The van der Waals surface area contributed by atoms with E-state index in [-0.39, 0.29) is 53.6 Å². The van der Waals surface area contributed by atoms with Crippen LogP contribution in [0.1, 0.15) is 20.3 Å². The number of hydrogen-bond donors (Lipinski definition) is 7. The molecule has 0 aromatic rings. The molecule has 3 fully saturated rings. The molecule has 4 heterocycles. The summed E-state index contributed by atoms with van der Waals surface area (Å²) in [5.74, 6) is 2.15. The topological polar surface area (TPSA) is 228 Å². The van der Waals surface area contributed by atoms with Gasteiger partial charge in [0.05, 0.1) is 30.9 Å². The summed E-state index contributed by atoms with van der Waals surface area (Å²) in [6.45, 7) is 5.68. The Morgan fingerprint density at radius 1 is 1.22 bits per heavy atom. The van der Waals surface area contributed by atoms with Crippen LogP contribution in [-0.4, -0.2) is 125 Å². The zero-order valence-electron chi connectivity index (χ0n) is 23.0. The van der Waals surface area contributed by atoms with Gasteiger partial charge in [0, 0.05) is 54.8 Å². The lowest BCUT2D eigenvalue weighted by Crippen LogP contribution is -2.66. The highest BCUT2D eigenvalue weighted by molar-refractivity contribution is 8.03. The fourth-order valence-corrected chi connectivity index (χ4v) is 7.46. The first-order valence-corrected chi connectivity index (χ1v) is 14.4. The summed E-state index contributed by atoms with van der Waals surface area (Å²) >= 11 is 1.40. The van der Waals surface area contributed by atoms with Crippen molar-refractivity contribution in [3.8, 4) is 0 Å². The third kappa shape index (κ3) is 6.33. The maximum absolute atomic E-state index is 13.1.